The fraction of sp³-hybridized carbons (Fsp3) is 0.333. The molecule has 0 N–H and O–H groups in total. The molecule has 0 aliphatic heterocycles. The molecule has 0 aromatic heterocycles. The molecule has 1 atom stereocenters. The van der Waals surface area contributed by atoms with Gasteiger partial charge in [0.15, 0.2) is 17.6 Å². The highest BCUT2D eigenvalue weighted by Crippen LogP contribution is 2.37. The minimum Gasteiger partial charge on any atom is -0.493 e. The first-order valence-electron chi connectivity index (χ1n) is 8.93. The average Bonchev–Trinajstić information content (AvgIpc) is 2.71. The van der Waals surface area contributed by atoms with Crippen molar-refractivity contribution in [3.05, 3.63) is 52.5 Å². The number of esters is 1. The molecule has 0 bridgehead atoms. The summed E-state index contributed by atoms with van der Waals surface area (Å²) in [5.74, 6) is -0.0131. The molecule has 6 nitrogen and oxygen atoms in total. The van der Waals surface area contributed by atoms with Crippen LogP contribution in [0.4, 0.5) is 5.69 Å². The quantitative estimate of drug-likeness (QED) is 0.556. The van der Waals surface area contributed by atoms with Crippen LogP contribution in [-0.2, 0) is 9.53 Å². The Bertz CT molecular complexity index is 825. The molecule has 1 unspecified atom stereocenters. The highest BCUT2D eigenvalue weighted by molar-refractivity contribution is 9.10. The third kappa shape index (κ3) is 5.25. The van der Waals surface area contributed by atoms with Gasteiger partial charge in [0.05, 0.1) is 23.8 Å². The number of likely N-dealkylation sites (N-methyl/N-ethyl adjacent to an activating group) is 1. The zero-order valence-corrected chi connectivity index (χ0v) is 18.0. The summed E-state index contributed by atoms with van der Waals surface area (Å²) in [4.78, 5) is 26.6. The van der Waals surface area contributed by atoms with E-state index < -0.39 is 12.1 Å². The number of hydrogen-bond acceptors (Lipinski definition) is 5. The molecule has 2 aromatic rings. The van der Waals surface area contributed by atoms with Crippen LogP contribution in [0.2, 0.25) is 0 Å². The summed E-state index contributed by atoms with van der Waals surface area (Å²) < 4.78 is 16.9. The molecule has 7 heteroatoms. The lowest BCUT2D eigenvalue weighted by molar-refractivity contribution is -0.126. The van der Waals surface area contributed by atoms with Crippen LogP contribution in [0.1, 0.15) is 30.6 Å². The Balaban J connectivity index is 2.13. The highest BCUT2D eigenvalue weighted by atomic mass is 79.9. The third-order valence-corrected chi connectivity index (χ3v) is 4.61. The first kappa shape index (κ1) is 21.8. The van der Waals surface area contributed by atoms with Crippen molar-refractivity contribution in [1.82, 2.24) is 0 Å². The molecule has 0 spiro atoms. The number of carbonyl (C=O) groups excluding carboxylic acids is 2. The lowest BCUT2D eigenvalue weighted by Gasteiger charge is -2.21. The van der Waals surface area contributed by atoms with Gasteiger partial charge in [0.2, 0.25) is 0 Å². The van der Waals surface area contributed by atoms with Crippen molar-refractivity contribution >= 4 is 33.5 Å². The van der Waals surface area contributed by atoms with Crippen LogP contribution < -0.4 is 14.4 Å². The second-order valence-electron chi connectivity index (χ2n) is 6.12. The number of nitrogens with zero attached hydrogens (tertiary/aromatic N) is 1. The molecule has 0 aliphatic rings. The normalized spacial score (nSPS) is 11.5. The summed E-state index contributed by atoms with van der Waals surface area (Å²) in [5, 5.41) is 0. The van der Waals surface area contributed by atoms with Crippen LogP contribution in [-0.4, -0.2) is 38.7 Å². The van der Waals surface area contributed by atoms with Crippen LogP contribution in [0.25, 0.3) is 0 Å². The molecule has 1 amide bonds. The summed E-state index contributed by atoms with van der Waals surface area (Å²) in [6.45, 7) is 4.07. The number of anilines is 1. The van der Waals surface area contributed by atoms with E-state index >= 15 is 0 Å². The fourth-order valence-electron chi connectivity index (χ4n) is 2.51. The van der Waals surface area contributed by atoms with E-state index in [1.54, 1.807) is 20.0 Å². The number of methoxy groups -OCH3 is 1. The van der Waals surface area contributed by atoms with Crippen LogP contribution in [0, 0.1) is 0 Å². The molecule has 0 radical (unpaired) electrons. The number of benzene rings is 2. The second-order valence-corrected chi connectivity index (χ2v) is 6.97. The maximum Gasteiger partial charge on any atom is 0.339 e. The van der Waals surface area contributed by atoms with Gasteiger partial charge in [-0.3, -0.25) is 4.79 Å². The summed E-state index contributed by atoms with van der Waals surface area (Å²) in [6.07, 6.45) is -0.105. The molecule has 0 saturated carbocycles. The van der Waals surface area contributed by atoms with Crippen molar-refractivity contribution in [2.75, 3.05) is 25.7 Å². The molecular formula is C21H24BrNO5. The van der Waals surface area contributed by atoms with Gasteiger partial charge in [-0.2, -0.15) is 0 Å². The van der Waals surface area contributed by atoms with E-state index in [0.717, 1.165) is 12.1 Å². The molecule has 0 saturated heterocycles. The minimum atomic E-state index is -0.946. The van der Waals surface area contributed by atoms with Gasteiger partial charge in [-0.15, -0.1) is 0 Å². The Labute approximate surface area is 173 Å². The first-order valence-corrected chi connectivity index (χ1v) is 9.72. The van der Waals surface area contributed by atoms with E-state index in [1.807, 2.05) is 37.3 Å². The summed E-state index contributed by atoms with van der Waals surface area (Å²) >= 11 is 3.40. The van der Waals surface area contributed by atoms with Crippen molar-refractivity contribution in [2.45, 2.75) is 26.4 Å². The van der Waals surface area contributed by atoms with Gasteiger partial charge in [0, 0.05) is 12.7 Å². The predicted molar refractivity (Wildman–Crippen MR) is 111 cm³/mol. The summed E-state index contributed by atoms with van der Waals surface area (Å²) in [5.41, 5.74) is 0.979. The van der Waals surface area contributed by atoms with Crippen LogP contribution in [0.3, 0.4) is 0 Å². The smallest absolute Gasteiger partial charge is 0.339 e. The second kappa shape index (κ2) is 10.1. The van der Waals surface area contributed by atoms with Crippen LogP contribution in [0.5, 0.6) is 11.5 Å². The Morgan fingerprint density at radius 2 is 1.86 bits per heavy atom. The number of hydrogen-bond donors (Lipinski definition) is 0. The van der Waals surface area contributed by atoms with Gasteiger partial charge in [0.1, 0.15) is 0 Å². The van der Waals surface area contributed by atoms with Crippen molar-refractivity contribution in [3.8, 4) is 11.5 Å². The van der Waals surface area contributed by atoms with Crippen molar-refractivity contribution in [2.24, 2.45) is 0 Å². The van der Waals surface area contributed by atoms with Crippen LogP contribution >= 0.6 is 15.9 Å². The number of ether oxygens (including phenoxy) is 3. The van der Waals surface area contributed by atoms with Crippen molar-refractivity contribution in [3.63, 3.8) is 0 Å². The SMILES string of the molecule is CCCOc1c(Br)cc(C(=O)OC(C)C(=O)N(C)c2ccccc2)cc1OC. The van der Waals surface area contributed by atoms with Gasteiger partial charge in [-0.05, 0) is 53.5 Å². The van der Waals surface area contributed by atoms with E-state index in [2.05, 4.69) is 15.9 Å². The Hall–Kier alpha value is -2.54. The number of para-hydroxylation sites is 1. The molecule has 2 rings (SSSR count). The van der Waals surface area contributed by atoms with Crippen molar-refractivity contribution in [1.29, 1.82) is 0 Å². The predicted octanol–water partition coefficient (Wildman–Crippen LogP) is 4.45. The monoisotopic (exact) mass is 449 g/mol. The van der Waals surface area contributed by atoms with Gasteiger partial charge in [0.25, 0.3) is 5.91 Å². The summed E-state index contributed by atoms with van der Waals surface area (Å²) in [7, 11) is 3.14. The van der Waals surface area contributed by atoms with Gasteiger partial charge >= 0.3 is 5.97 Å². The van der Waals surface area contributed by atoms with Gasteiger partial charge in [-0.25, -0.2) is 4.79 Å². The fourth-order valence-corrected chi connectivity index (χ4v) is 3.07. The zero-order valence-electron chi connectivity index (χ0n) is 16.4. The maximum atomic E-state index is 12.6. The Kier molecular flexibility index (Phi) is 7.87. The number of carbonyl (C=O) groups is 2. The standard InChI is InChI=1S/C21H24BrNO5/c1-5-11-27-19-17(22)12-15(13-18(19)26-4)21(25)28-14(2)20(24)23(3)16-9-7-6-8-10-16/h6-10,12-14H,5,11H2,1-4H3. The lowest BCUT2D eigenvalue weighted by Crippen LogP contribution is -2.37. The van der Waals surface area contributed by atoms with Gasteiger partial charge in [-0.1, -0.05) is 25.1 Å². The average molecular weight is 450 g/mol. The molecule has 2 aromatic carbocycles. The minimum absolute atomic E-state index is 0.259. The number of halogens is 1. The molecule has 0 aliphatic carbocycles. The summed E-state index contributed by atoms with van der Waals surface area (Å²) in [6, 6.07) is 12.3. The van der Waals surface area contributed by atoms with Crippen LogP contribution in [0.15, 0.2) is 46.9 Å². The Morgan fingerprint density at radius 3 is 2.46 bits per heavy atom. The van der Waals surface area contributed by atoms with E-state index in [1.165, 1.54) is 18.1 Å². The first-order chi connectivity index (χ1) is 13.4. The largest absolute Gasteiger partial charge is 0.493 e. The topological polar surface area (TPSA) is 65.1 Å². The lowest BCUT2D eigenvalue weighted by atomic mass is 10.2. The Morgan fingerprint density at radius 1 is 1.18 bits per heavy atom. The maximum absolute atomic E-state index is 12.6. The molecule has 28 heavy (non-hydrogen) atoms. The van der Waals surface area contributed by atoms with E-state index in [-0.39, 0.29) is 11.5 Å². The van der Waals surface area contributed by atoms with E-state index in [4.69, 9.17) is 14.2 Å². The number of rotatable bonds is 8. The van der Waals surface area contributed by atoms with E-state index in [0.29, 0.717) is 22.6 Å². The zero-order chi connectivity index (χ0) is 20.7. The molecule has 0 heterocycles. The third-order valence-electron chi connectivity index (χ3n) is 4.02. The molecule has 0 fully saturated rings. The number of amides is 1. The van der Waals surface area contributed by atoms with E-state index in [9.17, 15) is 9.59 Å². The molecular weight excluding hydrogens is 426 g/mol. The van der Waals surface area contributed by atoms with Gasteiger partial charge < -0.3 is 19.1 Å². The van der Waals surface area contributed by atoms with Crippen molar-refractivity contribution < 1.29 is 23.8 Å². The highest BCUT2D eigenvalue weighted by Gasteiger charge is 2.24. The molecule has 150 valence electrons.